The highest BCUT2D eigenvalue weighted by atomic mass is 35.5. The Morgan fingerprint density at radius 1 is 1.40 bits per heavy atom. The van der Waals surface area contributed by atoms with Gasteiger partial charge >= 0.3 is 11.3 Å². The van der Waals surface area contributed by atoms with Gasteiger partial charge in [0.1, 0.15) is 0 Å². The lowest BCUT2D eigenvalue weighted by atomic mass is 10.1. The third-order valence-corrected chi connectivity index (χ3v) is 2.00. The summed E-state index contributed by atoms with van der Waals surface area (Å²) in [6.45, 7) is 1.96. The second-order valence-corrected chi connectivity index (χ2v) is 3.64. The fraction of sp³-hybridized carbons (Fsp3) is 0.300. The molecule has 82 valence electrons. The van der Waals surface area contributed by atoms with E-state index in [2.05, 4.69) is 11.6 Å². The number of hydrogen-bond acceptors (Lipinski definition) is 1. The van der Waals surface area contributed by atoms with Gasteiger partial charge in [0, 0.05) is 6.54 Å². The fourth-order valence-corrected chi connectivity index (χ4v) is 1.06. The SMILES string of the molecule is Cc1ccc(CNC(=O)C(F)(F)Cl)cc1. The maximum absolute atomic E-state index is 12.2. The number of alkyl halides is 3. The molecule has 0 aliphatic heterocycles. The summed E-state index contributed by atoms with van der Waals surface area (Å²) >= 11 is 4.53. The van der Waals surface area contributed by atoms with E-state index in [0.717, 1.165) is 11.1 Å². The zero-order valence-corrected chi connectivity index (χ0v) is 8.81. The van der Waals surface area contributed by atoms with Crippen LogP contribution in [0.4, 0.5) is 8.78 Å². The minimum Gasteiger partial charge on any atom is -0.346 e. The summed E-state index contributed by atoms with van der Waals surface area (Å²) in [6, 6.07) is 7.17. The maximum Gasteiger partial charge on any atom is 0.399 e. The van der Waals surface area contributed by atoms with Gasteiger partial charge in [-0.1, -0.05) is 29.8 Å². The van der Waals surface area contributed by atoms with Crippen LogP contribution in [0.3, 0.4) is 0 Å². The van der Waals surface area contributed by atoms with Gasteiger partial charge in [0.15, 0.2) is 0 Å². The van der Waals surface area contributed by atoms with Crippen LogP contribution >= 0.6 is 11.6 Å². The number of halogens is 3. The highest BCUT2D eigenvalue weighted by Gasteiger charge is 2.35. The molecule has 1 rings (SSSR count). The van der Waals surface area contributed by atoms with Crippen LogP contribution in [0.1, 0.15) is 11.1 Å². The van der Waals surface area contributed by atoms with E-state index in [4.69, 9.17) is 0 Å². The molecule has 0 atom stereocenters. The highest BCUT2D eigenvalue weighted by molar-refractivity contribution is 6.32. The van der Waals surface area contributed by atoms with Crippen LogP contribution in [0.5, 0.6) is 0 Å². The molecule has 0 fully saturated rings. The van der Waals surface area contributed by atoms with Crippen LogP contribution in [0, 0.1) is 6.92 Å². The van der Waals surface area contributed by atoms with Gasteiger partial charge in [0.05, 0.1) is 0 Å². The first kappa shape index (κ1) is 11.9. The molecule has 0 saturated heterocycles. The molecule has 0 heterocycles. The number of carbonyl (C=O) groups excluding carboxylic acids is 1. The molecule has 1 amide bonds. The third-order valence-electron chi connectivity index (χ3n) is 1.83. The Morgan fingerprint density at radius 3 is 2.40 bits per heavy atom. The lowest BCUT2D eigenvalue weighted by Crippen LogP contribution is -2.35. The van der Waals surface area contributed by atoms with Crippen molar-refractivity contribution in [3.63, 3.8) is 0 Å². The number of hydrogen-bond donors (Lipinski definition) is 1. The summed E-state index contributed by atoms with van der Waals surface area (Å²) in [6.07, 6.45) is 0. The Bertz CT molecular complexity index is 345. The van der Waals surface area contributed by atoms with E-state index >= 15 is 0 Å². The van der Waals surface area contributed by atoms with Crippen LogP contribution < -0.4 is 5.32 Å². The zero-order valence-electron chi connectivity index (χ0n) is 8.06. The lowest BCUT2D eigenvalue weighted by Gasteiger charge is -2.08. The largest absolute Gasteiger partial charge is 0.399 e. The third kappa shape index (κ3) is 3.83. The van der Waals surface area contributed by atoms with Crippen LogP contribution in [-0.2, 0) is 11.3 Å². The maximum atomic E-state index is 12.2. The van der Waals surface area contributed by atoms with Gasteiger partial charge in [-0.15, -0.1) is 0 Å². The Kier molecular flexibility index (Phi) is 3.63. The normalized spacial score (nSPS) is 11.2. The van der Waals surface area contributed by atoms with Crippen molar-refractivity contribution >= 4 is 17.5 Å². The molecule has 2 nitrogen and oxygen atoms in total. The van der Waals surface area contributed by atoms with Crippen molar-refractivity contribution in [2.24, 2.45) is 0 Å². The highest BCUT2D eigenvalue weighted by Crippen LogP contribution is 2.18. The van der Waals surface area contributed by atoms with Crippen molar-refractivity contribution in [2.45, 2.75) is 18.9 Å². The van der Waals surface area contributed by atoms with E-state index in [1.165, 1.54) is 0 Å². The van der Waals surface area contributed by atoms with Gasteiger partial charge in [-0.25, -0.2) is 0 Å². The molecular weight excluding hydrogens is 224 g/mol. The Morgan fingerprint density at radius 2 is 1.93 bits per heavy atom. The van der Waals surface area contributed by atoms with Crippen molar-refractivity contribution in [2.75, 3.05) is 0 Å². The first-order valence-corrected chi connectivity index (χ1v) is 4.68. The predicted molar refractivity (Wildman–Crippen MR) is 53.8 cm³/mol. The van der Waals surface area contributed by atoms with Crippen LogP contribution in [0.15, 0.2) is 24.3 Å². The Hall–Kier alpha value is -1.16. The van der Waals surface area contributed by atoms with Crippen molar-refractivity contribution < 1.29 is 13.6 Å². The number of amides is 1. The van der Waals surface area contributed by atoms with E-state index < -0.39 is 11.3 Å². The molecule has 0 spiro atoms. The van der Waals surface area contributed by atoms with Gasteiger partial charge in [-0.2, -0.15) is 8.78 Å². The molecule has 0 aliphatic rings. The lowest BCUT2D eigenvalue weighted by molar-refractivity contribution is -0.135. The van der Waals surface area contributed by atoms with Crippen molar-refractivity contribution in [3.8, 4) is 0 Å². The molecule has 0 radical (unpaired) electrons. The van der Waals surface area contributed by atoms with Crippen LogP contribution in [-0.4, -0.2) is 11.3 Å². The quantitative estimate of drug-likeness (QED) is 0.799. The minimum absolute atomic E-state index is 0.0431. The van der Waals surface area contributed by atoms with Gasteiger partial charge < -0.3 is 5.32 Å². The molecule has 1 aromatic rings. The molecule has 1 N–H and O–H groups in total. The van der Waals surface area contributed by atoms with Crippen LogP contribution in [0.2, 0.25) is 0 Å². The molecule has 1 aromatic carbocycles. The number of carbonyl (C=O) groups is 1. The molecular formula is C10H10ClF2NO. The van der Waals surface area contributed by atoms with E-state index in [1.807, 2.05) is 24.4 Å². The molecule has 5 heteroatoms. The van der Waals surface area contributed by atoms with Gasteiger partial charge in [0.25, 0.3) is 0 Å². The van der Waals surface area contributed by atoms with Gasteiger partial charge in [-0.3, -0.25) is 4.79 Å². The van der Waals surface area contributed by atoms with Gasteiger partial charge in [-0.05, 0) is 24.1 Å². The minimum atomic E-state index is -3.84. The summed E-state index contributed by atoms with van der Waals surface area (Å²) in [7, 11) is 0. The molecule has 0 saturated carbocycles. The second kappa shape index (κ2) is 4.57. The Balaban J connectivity index is 2.51. The first-order valence-electron chi connectivity index (χ1n) is 4.30. The average Bonchev–Trinajstić information content (AvgIpc) is 2.15. The second-order valence-electron chi connectivity index (χ2n) is 3.17. The molecule has 0 bridgehead atoms. The predicted octanol–water partition coefficient (Wildman–Crippen LogP) is 2.44. The van der Waals surface area contributed by atoms with E-state index in [-0.39, 0.29) is 6.54 Å². The molecule has 0 unspecified atom stereocenters. The zero-order chi connectivity index (χ0) is 11.5. The number of nitrogens with one attached hydrogen (secondary N) is 1. The summed E-state index contributed by atoms with van der Waals surface area (Å²) in [5.41, 5.74) is 1.81. The smallest absolute Gasteiger partial charge is 0.346 e. The molecule has 0 aromatic heterocycles. The fourth-order valence-electron chi connectivity index (χ4n) is 0.988. The summed E-state index contributed by atoms with van der Waals surface area (Å²) < 4.78 is 24.5. The summed E-state index contributed by atoms with van der Waals surface area (Å²) in [4.78, 5) is 10.7. The summed E-state index contributed by atoms with van der Waals surface area (Å²) in [5.74, 6) is -1.48. The number of benzene rings is 1. The monoisotopic (exact) mass is 233 g/mol. The molecule has 15 heavy (non-hydrogen) atoms. The van der Waals surface area contributed by atoms with Crippen molar-refractivity contribution in [1.82, 2.24) is 5.32 Å². The standard InChI is InChI=1S/C10H10ClF2NO/c1-7-2-4-8(5-3-7)6-14-9(15)10(11,12)13/h2-5H,6H2,1H3,(H,14,15). The topological polar surface area (TPSA) is 29.1 Å². The first-order chi connectivity index (χ1) is 6.89. The van der Waals surface area contributed by atoms with E-state index in [0.29, 0.717) is 0 Å². The van der Waals surface area contributed by atoms with Gasteiger partial charge in [0.2, 0.25) is 0 Å². The van der Waals surface area contributed by atoms with E-state index in [9.17, 15) is 13.6 Å². The summed E-state index contributed by atoms with van der Waals surface area (Å²) in [5, 5.41) is -1.81. The van der Waals surface area contributed by atoms with E-state index in [1.54, 1.807) is 12.1 Å². The molecule has 0 aliphatic carbocycles. The average molecular weight is 234 g/mol. The van der Waals surface area contributed by atoms with Crippen LogP contribution in [0.25, 0.3) is 0 Å². The number of rotatable bonds is 3. The van der Waals surface area contributed by atoms with Crippen molar-refractivity contribution in [1.29, 1.82) is 0 Å². The van der Waals surface area contributed by atoms with Crippen molar-refractivity contribution in [3.05, 3.63) is 35.4 Å². The number of aryl methyl sites for hydroxylation is 1. The Labute approximate surface area is 91.2 Å².